The number of anilines is 4. The first-order valence-corrected chi connectivity index (χ1v) is 14.3. The van der Waals surface area contributed by atoms with E-state index in [2.05, 4.69) is 60.7 Å². The highest BCUT2D eigenvalue weighted by atomic mass is 35.5. The van der Waals surface area contributed by atoms with Crippen molar-refractivity contribution in [2.45, 2.75) is 13.5 Å². The van der Waals surface area contributed by atoms with Crippen LogP contribution in [0, 0.1) is 0 Å². The van der Waals surface area contributed by atoms with Gasteiger partial charge in [0.2, 0.25) is 11.9 Å². The third kappa shape index (κ3) is 6.79. The molecule has 1 aliphatic rings. The summed E-state index contributed by atoms with van der Waals surface area (Å²) < 4.78 is 6.11. The summed E-state index contributed by atoms with van der Waals surface area (Å²) in [5.74, 6) is 2.23. The topological polar surface area (TPSA) is 86.5 Å². The number of furan rings is 1. The maximum atomic E-state index is 11.3. The van der Waals surface area contributed by atoms with Crippen LogP contribution in [0.5, 0.6) is 0 Å². The number of nitrogens with zero attached hydrogens (tertiary/aromatic N) is 4. The molecule has 1 fully saturated rings. The van der Waals surface area contributed by atoms with E-state index in [0.29, 0.717) is 11.0 Å². The van der Waals surface area contributed by atoms with Crippen LogP contribution in [0.4, 0.5) is 23.0 Å². The third-order valence-electron chi connectivity index (χ3n) is 7.17. The number of piperazine rings is 1. The molecule has 42 heavy (non-hydrogen) atoms. The number of halogens is 1. The number of carbonyl (C=O) groups excluding carboxylic acids is 1. The Morgan fingerprint density at radius 3 is 2.38 bits per heavy atom. The molecular formula is C33H31ClN6O2. The molecule has 5 aromatic rings. The van der Waals surface area contributed by atoms with Crippen molar-refractivity contribution in [2.24, 2.45) is 0 Å². The summed E-state index contributed by atoms with van der Waals surface area (Å²) in [6, 6.07) is 29.6. The molecule has 212 valence electrons. The van der Waals surface area contributed by atoms with Gasteiger partial charge in [-0.2, -0.15) is 0 Å². The van der Waals surface area contributed by atoms with Gasteiger partial charge in [0, 0.05) is 72.5 Å². The lowest BCUT2D eigenvalue weighted by Crippen LogP contribution is -2.45. The second-order valence-electron chi connectivity index (χ2n) is 10.2. The van der Waals surface area contributed by atoms with Crippen LogP contribution in [0.3, 0.4) is 0 Å². The zero-order chi connectivity index (χ0) is 28.9. The van der Waals surface area contributed by atoms with Gasteiger partial charge in [-0.3, -0.25) is 9.69 Å². The van der Waals surface area contributed by atoms with Crippen LogP contribution in [-0.4, -0.2) is 47.0 Å². The largest absolute Gasteiger partial charge is 0.460 e. The fourth-order valence-electron chi connectivity index (χ4n) is 5.04. The molecule has 3 aromatic carbocycles. The molecule has 2 N–H and O–H groups in total. The van der Waals surface area contributed by atoms with Gasteiger partial charge in [0.1, 0.15) is 11.5 Å². The summed E-state index contributed by atoms with van der Waals surface area (Å²) in [7, 11) is 0. The highest BCUT2D eigenvalue weighted by molar-refractivity contribution is 6.30. The van der Waals surface area contributed by atoms with Gasteiger partial charge in [0.05, 0.1) is 12.2 Å². The van der Waals surface area contributed by atoms with E-state index < -0.39 is 0 Å². The average molecular weight is 579 g/mol. The molecule has 0 bridgehead atoms. The van der Waals surface area contributed by atoms with E-state index in [1.165, 1.54) is 12.6 Å². The van der Waals surface area contributed by atoms with Crippen LogP contribution in [0.1, 0.15) is 12.7 Å². The maximum absolute atomic E-state index is 11.3. The minimum Gasteiger partial charge on any atom is -0.460 e. The zero-order valence-corrected chi connectivity index (χ0v) is 24.0. The quantitative estimate of drug-likeness (QED) is 0.203. The van der Waals surface area contributed by atoms with E-state index in [4.69, 9.17) is 16.0 Å². The minimum atomic E-state index is -0.0981. The summed E-state index contributed by atoms with van der Waals surface area (Å²) >= 11 is 6.14. The molecule has 3 heterocycles. The third-order valence-corrected chi connectivity index (χ3v) is 7.40. The van der Waals surface area contributed by atoms with Crippen LogP contribution in [0.15, 0.2) is 102 Å². The number of aromatic nitrogens is 2. The lowest BCUT2D eigenvalue weighted by Gasteiger charge is -2.35. The Kier molecular flexibility index (Phi) is 8.16. The summed E-state index contributed by atoms with van der Waals surface area (Å²) in [4.78, 5) is 25.1. The van der Waals surface area contributed by atoms with Crippen molar-refractivity contribution in [1.29, 1.82) is 0 Å². The van der Waals surface area contributed by atoms with E-state index in [0.717, 1.165) is 72.4 Å². The average Bonchev–Trinajstić information content (AvgIpc) is 3.47. The van der Waals surface area contributed by atoms with Gasteiger partial charge in [-0.05, 0) is 66.7 Å². The van der Waals surface area contributed by atoms with Gasteiger partial charge in [-0.25, -0.2) is 9.97 Å². The molecule has 0 spiro atoms. The standard InChI is InChI=1S/C33H31ClN6O2/c1-23(41)36-27-7-5-24(6-8-27)31-15-16-35-33(38-31)37-28-9-11-29(12-10-28)40-19-17-39(18-20-40)22-30-13-14-32(42-30)25-3-2-4-26(34)21-25/h2-16,21H,17-20,22H2,1H3,(H,36,41)(H,35,37,38). The Hall–Kier alpha value is -4.66. The molecule has 1 saturated heterocycles. The number of amides is 1. The van der Waals surface area contributed by atoms with Crippen molar-refractivity contribution in [3.05, 3.63) is 108 Å². The van der Waals surface area contributed by atoms with Crippen molar-refractivity contribution >= 4 is 40.5 Å². The fourth-order valence-corrected chi connectivity index (χ4v) is 5.23. The Morgan fingerprint density at radius 2 is 1.64 bits per heavy atom. The first-order chi connectivity index (χ1) is 20.5. The monoisotopic (exact) mass is 578 g/mol. The number of hydrogen-bond acceptors (Lipinski definition) is 7. The Balaban J connectivity index is 1.02. The van der Waals surface area contributed by atoms with Crippen LogP contribution < -0.4 is 15.5 Å². The molecule has 0 atom stereocenters. The number of carbonyl (C=O) groups is 1. The van der Waals surface area contributed by atoms with E-state index in [9.17, 15) is 4.79 Å². The summed E-state index contributed by atoms with van der Waals surface area (Å²) in [6.45, 7) is 6.09. The smallest absolute Gasteiger partial charge is 0.227 e. The fraction of sp³-hybridized carbons (Fsp3) is 0.182. The van der Waals surface area contributed by atoms with Crippen molar-refractivity contribution in [3.8, 4) is 22.6 Å². The van der Waals surface area contributed by atoms with Gasteiger partial charge in [-0.1, -0.05) is 35.9 Å². The van der Waals surface area contributed by atoms with E-state index in [1.807, 2.05) is 60.7 Å². The van der Waals surface area contributed by atoms with Gasteiger partial charge >= 0.3 is 0 Å². The maximum Gasteiger partial charge on any atom is 0.227 e. The summed E-state index contributed by atoms with van der Waals surface area (Å²) in [5.41, 5.74) is 5.59. The van der Waals surface area contributed by atoms with E-state index in [1.54, 1.807) is 6.20 Å². The number of benzene rings is 3. The van der Waals surface area contributed by atoms with Crippen LogP contribution in [0.25, 0.3) is 22.6 Å². The molecule has 2 aromatic heterocycles. The molecule has 1 amide bonds. The second kappa shape index (κ2) is 12.5. The Labute approximate surface area is 250 Å². The summed E-state index contributed by atoms with van der Waals surface area (Å²) in [5, 5.41) is 6.79. The molecule has 6 rings (SSSR count). The lowest BCUT2D eigenvalue weighted by molar-refractivity contribution is -0.114. The van der Waals surface area contributed by atoms with Crippen molar-refractivity contribution in [2.75, 3.05) is 41.7 Å². The van der Waals surface area contributed by atoms with Crippen molar-refractivity contribution in [1.82, 2.24) is 14.9 Å². The number of rotatable bonds is 8. The SMILES string of the molecule is CC(=O)Nc1ccc(-c2ccnc(Nc3ccc(N4CCN(Cc5ccc(-c6cccc(Cl)c6)o5)CC4)cc3)n2)cc1. The van der Waals surface area contributed by atoms with Gasteiger partial charge in [0.15, 0.2) is 0 Å². The predicted octanol–water partition coefficient (Wildman–Crippen LogP) is 7.08. The second-order valence-corrected chi connectivity index (χ2v) is 10.7. The molecule has 0 unspecified atom stereocenters. The Morgan fingerprint density at radius 1 is 0.881 bits per heavy atom. The van der Waals surface area contributed by atoms with Gasteiger partial charge in [0.25, 0.3) is 0 Å². The van der Waals surface area contributed by atoms with Gasteiger partial charge in [-0.15, -0.1) is 0 Å². The molecule has 0 radical (unpaired) electrons. The van der Waals surface area contributed by atoms with Crippen LogP contribution in [-0.2, 0) is 11.3 Å². The van der Waals surface area contributed by atoms with Crippen molar-refractivity contribution in [3.63, 3.8) is 0 Å². The number of hydrogen-bond donors (Lipinski definition) is 2. The molecular weight excluding hydrogens is 548 g/mol. The summed E-state index contributed by atoms with van der Waals surface area (Å²) in [6.07, 6.45) is 1.74. The minimum absolute atomic E-state index is 0.0981. The van der Waals surface area contributed by atoms with Gasteiger partial charge < -0.3 is 20.0 Å². The zero-order valence-electron chi connectivity index (χ0n) is 23.3. The normalized spacial score (nSPS) is 13.6. The first-order valence-electron chi connectivity index (χ1n) is 13.9. The molecule has 0 aliphatic carbocycles. The molecule has 1 aliphatic heterocycles. The van der Waals surface area contributed by atoms with Crippen molar-refractivity contribution < 1.29 is 9.21 Å². The molecule has 0 saturated carbocycles. The van der Waals surface area contributed by atoms with E-state index >= 15 is 0 Å². The van der Waals surface area contributed by atoms with E-state index in [-0.39, 0.29) is 5.91 Å². The first kappa shape index (κ1) is 27.5. The molecule has 8 nitrogen and oxygen atoms in total. The molecule has 9 heteroatoms. The predicted molar refractivity (Wildman–Crippen MR) is 168 cm³/mol. The highest BCUT2D eigenvalue weighted by Gasteiger charge is 2.19. The Bertz CT molecular complexity index is 1660. The lowest BCUT2D eigenvalue weighted by atomic mass is 10.1. The number of nitrogens with one attached hydrogen (secondary N) is 2. The highest BCUT2D eigenvalue weighted by Crippen LogP contribution is 2.27. The van der Waals surface area contributed by atoms with Crippen LogP contribution >= 0.6 is 11.6 Å². The van der Waals surface area contributed by atoms with Crippen LogP contribution in [0.2, 0.25) is 5.02 Å².